The highest BCUT2D eigenvalue weighted by Crippen LogP contribution is 2.30. The van der Waals surface area contributed by atoms with Gasteiger partial charge in [-0.1, -0.05) is 37.5 Å². The minimum absolute atomic E-state index is 0.0882. The number of halogens is 1. The fourth-order valence-corrected chi connectivity index (χ4v) is 5.07. The van der Waals surface area contributed by atoms with Crippen molar-refractivity contribution in [3.8, 4) is 0 Å². The minimum Gasteiger partial charge on any atom is -0.353 e. The van der Waals surface area contributed by atoms with E-state index >= 15 is 0 Å². The highest BCUT2D eigenvalue weighted by molar-refractivity contribution is 8.00. The number of carbonyl (C=O) groups is 2. The molecule has 0 unspecified atom stereocenters. The number of fused-ring (bicyclic) bond motifs is 1. The van der Waals surface area contributed by atoms with E-state index in [9.17, 15) is 14.0 Å². The molecule has 32 heavy (non-hydrogen) atoms. The molecule has 1 aromatic heterocycles. The summed E-state index contributed by atoms with van der Waals surface area (Å²) in [6.45, 7) is 1.05. The topological polar surface area (TPSA) is 63.1 Å². The molecule has 168 valence electrons. The molecule has 1 aliphatic carbocycles. The number of carbonyl (C=O) groups excluding carboxylic acids is 2. The first-order chi connectivity index (χ1) is 15.6. The van der Waals surface area contributed by atoms with Crippen LogP contribution in [0.15, 0.2) is 59.6 Å². The van der Waals surface area contributed by atoms with Gasteiger partial charge < -0.3 is 15.2 Å². The largest absolute Gasteiger partial charge is 0.353 e. The Morgan fingerprint density at radius 3 is 2.56 bits per heavy atom. The number of thioether (sulfide) groups is 1. The van der Waals surface area contributed by atoms with Crippen LogP contribution in [0.5, 0.6) is 0 Å². The molecule has 2 amide bonds. The van der Waals surface area contributed by atoms with Gasteiger partial charge in [0.1, 0.15) is 5.82 Å². The van der Waals surface area contributed by atoms with Gasteiger partial charge in [-0.3, -0.25) is 9.59 Å². The Bertz CT molecular complexity index is 1070. The van der Waals surface area contributed by atoms with Gasteiger partial charge in [-0.05, 0) is 43.2 Å². The molecule has 0 spiro atoms. The lowest BCUT2D eigenvalue weighted by Gasteiger charge is -2.22. The molecule has 0 atom stereocenters. The number of hydrogen-bond donors (Lipinski definition) is 2. The molecule has 0 bridgehead atoms. The predicted molar refractivity (Wildman–Crippen MR) is 126 cm³/mol. The maximum atomic E-state index is 13.0. The van der Waals surface area contributed by atoms with Crippen LogP contribution in [0.3, 0.4) is 0 Å². The van der Waals surface area contributed by atoms with Crippen LogP contribution in [-0.2, 0) is 11.3 Å². The summed E-state index contributed by atoms with van der Waals surface area (Å²) in [5.41, 5.74) is 1.50. The van der Waals surface area contributed by atoms with E-state index in [1.54, 1.807) is 11.8 Å². The van der Waals surface area contributed by atoms with Crippen LogP contribution in [0.1, 0.15) is 42.5 Å². The monoisotopic (exact) mass is 453 g/mol. The summed E-state index contributed by atoms with van der Waals surface area (Å²) in [5, 5.41) is 7.16. The second-order valence-electron chi connectivity index (χ2n) is 8.16. The zero-order valence-electron chi connectivity index (χ0n) is 18.0. The Balaban J connectivity index is 1.35. The third-order valence-electron chi connectivity index (χ3n) is 5.83. The van der Waals surface area contributed by atoms with E-state index in [1.165, 1.54) is 43.5 Å². The molecule has 7 heteroatoms. The van der Waals surface area contributed by atoms with E-state index < -0.39 is 0 Å². The summed E-state index contributed by atoms with van der Waals surface area (Å²) in [6, 6.07) is 13.9. The molecule has 3 aromatic rings. The molecule has 4 rings (SSSR count). The van der Waals surface area contributed by atoms with Crippen molar-refractivity contribution in [2.45, 2.75) is 49.6 Å². The number of nitrogens with one attached hydrogen (secondary N) is 2. The van der Waals surface area contributed by atoms with Crippen LogP contribution in [0, 0.1) is 5.82 Å². The third kappa shape index (κ3) is 5.71. The van der Waals surface area contributed by atoms with Crippen molar-refractivity contribution in [1.29, 1.82) is 0 Å². The molecule has 2 N–H and O–H groups in total. The summed E-state index contributed by atoms with van der Waals surface area (Å²) in [7, 11) is 0. The highest BCUT2D eigenvalue weighted by Gasteiger charge is 2.17. The van der Waals surface area contributed by atoms with Crippen LogP contribution in [0.2, 0.25) is 0 Å². The van der Waals surface area contributed by atoms with E-state index in [4.69, 9.17) is 0 Å². The van der Waals surface area contributed by atoms with Gasteiger partial charge in [-0.2, -0.15) is 0 Å². The molecule has 1 heterocycles. The highest BCUT2D eigenvalue weighted by atomic mass is 32.2. The molecule has 1 saturated carbocycles. The Kier molecular flexibility index (Phi) is 7.47. The Morgan fingerprint density at radius 1 is 1.03 bits per heavy atom. The zero-order chi connectivity index (χ0) is 22.3. The van der Waals surface area contributed by atoms with Crippen LogP contribution >= 0.6 is 11.8 Å². The number of para-hydroxylation sites is 1. The number of amides is 2. The molecule has 0 aliphatic heterocycles. The van der Waals surface area contributed by atoms with Crippen molar-refractivity contribution in [3.63, 3.8) is 0 Å². The van der Waals surface area contributed by atoms with Gasteiger partial charge in [-0.15, -0.1) is 11.8 Å². The van der Waals surface area contributed by atoms with Crippen molar-refractivity contribution in [2.75, 3.05) is 12.3 Å². The van der Waals surface area contributed by atoms with Gasteiger partial charge in [0.2, 0.25) is 5.91 Å². The zero-order valence-corrected chi connectivity index (χ0v) is 18.8. The minimum atomic E-state index is -0.363. The van der Waals surface area contributed by atoms with E-state index in [2.05, 4.69) is 21.3 Å². The second kappa shape index (κ2) is 10.7. The van der Waals surface area contributed by atoms with Gasteiger partial charge in [0, 0.05) is 46.7 Å². The van der Waals surface area contributed by atoms with Crippen LogP contribution in [0.4, 0.5) is 4.39 Å². The van der Waals surface area contributed by atoms with Crippen LogP contribution in [-0.4, -0.2) is 34.7 Å². The summed E-state index contributed by atoms with van der Waals surface area (Å²) < 4.78 is 15.1. The van der Waals surface area contributed by atoms with E-state index in [-0.39, 0.29) is 17.6 Å². The number of hydrogen-bond acceptors (Lipinski definition) is 3. The molecule has 1 fully saturated rings. The SMILES string of the molecule is O=C(CSc1cn(CCNC(=O)c2ccc(F)cc2)c2ccccc12)NC1CCCCC1. The summed E-state index contributed by atoms with van der Waals surface area (Å²) >= 11 is 1.55. The van der Waals surface area contributed by atoms with E-state index in [0.717, 1.165) is 28.6 Å². The molecule has 5 nitrogen and oxygen atoms in total. The van der Waals surface area contributed by atoms with E-state index in [0.29, 0.717) is 30.4 Å². The van der Waals surface area contributed by atoms with Crippen molar-refractivity contribution >= 4 is 34.5 Å². The normalized spacial score (nSPS) is 14.4. The molecular formula is C25H28FN3O2S. The lowest BCUT2D eigenvalue weighted by Crippen LogP contribution is -2.37. The lowest BCUT2D eigenvalue weighted by atomic mass is 9.95. The van der Waals surface area contributed by atoms with Crippen LogP contribution < -0.4 is 10.6 Å². The summed E-state index contributed by atoms with van der Waals surface area (Å²) in [6.07, 6.45) is 7.88. The van der Waals surface area contributed by atoms with Gasteiger partial charge in [0.25, 0.3) is 5.91 Å². The maximum Gasteiger partial charge on any atom is 0.251 e. The van der Waals surface area contributed by atoms with E-state index in [1.807, 2.05) is 24.4 Å². The second-order valence-corrected chi connectivity index (χ2v) is 9.17. The van der Waals surface area contributed by atoms with Crippen molar-refractivity contribution in [3.05, 3.63) is 66.1 Å². The molecule has 0 saturated heterocycles. The van der Waals surface area contributed by atoms with Crippen molar-refractivity contribution < 1.29 is 14.0 Å². The number of benzene rings is 2. The average molecular weight is 454 g/mol. The fraction of sp³-hybridized carbons (Fsp3) is 0.360. The quantitative estimate of drug-likeness (QED) is 0.484. The average Bonchev–Trinajstić information content (AvgIpc) is 3.16. The number of aromatic nitrogens is 1. The van der Waals surface area contributed by atoms with Gasteiger partial charge in [0.15, 0.2) is 0 Å². The smallest absolute Gasteiger partial charge is 0.251 e. The molecule has 0 radical (unpaired) electrons. The number of rotatable bonds is 8. The van der Waals surface area contributed by atoms with Gasteiger partial charge >= 0.3 is 0 Å². The third-order valence-corrected chi connectivity index (χ3v) is 6.87. The predicted octanol–water partition coefficient (Wildman–Crippen LogP) is 4.75. The standard InChI is InChI=1S/C25H28FN3O2S/c26-19-12-10-18(11-13-19)25(31)27-14-15-29-16-23(21-8-4-5-9-22(21)29)32-17-24(30)28-20-6-2-1-3-7-20/h4-5,8-13,16,20H,1-3,6-7,14-15,17H2,(H,27,31)(H,28,30). The summed E-state index contributed by atoms with van der Waals surface area (Å²) in [5.74, 6) is -0.107. The van der Waals surface area contributed by atoms with Crippen molar-refractivity contribution in [2.24, 2.45) is 0 Å². The maximum absolute atomic E-state index is 13.0. The van der Waals surface area contributed by atoms with Gasteiger partial charge in [0.05, 0.1) is 5.75 Å². The molecular weight excluding hydrogens is 425 g/mol. The Morgan fingerprint density at radius 2 is 1.78 bits per heavy atom. The number of nitrogens with zero attached hydrogens (tertiary/aromatic N) is 1. The Labute approximate surface area is 191 Å². The van der Waals surface area contributed by atoms with Gasteiger partial charge in [-0.25, -0.2) is 4.39 Å². The molecule has 1 aliphatic rings. The lowest BCUT2D eigenvalue weighted by molar-refractivity contribution is -0.119. The van der Waals surface area contributed by atoms with Crippen molar-refractivity contribution in [1.82, 2.24) is 15.2 Å². The molecule has 2 aromatic carbocycles. The first kappa shape index (κ1) is 22.4. The summed E-state index contributed by atoms with van der Waals surface area (Å²) in [4.78, 5) is 25.7. The van der Waals surface area contributed by atoms with Crippen LogP contribution in [0.25, 0.3) is 10.9 Å². The first-order valence-electron chi connectivity index (χ1n) is 11.1. The first-order valence-corrected chi connectivity index (χ1v) is 12.1. The Hall–Kier alpha value is -2.80. The fourth-order valence-electron chi connectivity index (χ4n) is 4.17.